The Labute approximate surface area is 220 Å². The molecule has 0 bridgehead atoms. The number of esters is 1. The van der Waals surface area contributed by atoms with E-state index in [1.165, 1.54) is 7.11 Å². The van der Waals surface area contributed by atoms with E-state index < -0.39 is 8.32 Å². The number of rotatable bonds is 13. The topological polar surface area (TPSA) is 59.1 Å². The van der Waals surface area contributed by atoms with E-state index in [9.17, 15) is 9.59 Å². The van der Waals surface area contributed by atoms with Crippen molar-refractivity contribution in [1.29, 1.82) is 0 Å². The van der Waals surface area contributed by atoms with Crippen LogP contribution in [0, 0.1) is 0 Å². The molecule has 6 nitrogen and oxygen atoms in total. The predicted octanol–water partition coefficient (Wildman–Crippen LogP) is 6.38. The van der Waals surface area contributed by atoms with Gasteiger partial charge < -0.3 is 9.16 Å². The van der Waals surface area contributed by atoms with Crippen molar-refractivity contribution in [3.63, 3.8) is 0 Å². The van der Waals surface area contributed by atoms with Gasteiger partial charge in [0, 0.05) is 26.1 Å². The maximum absolute atomic E-state index is 12.6. The number of methoxy groups -OCH3 is 1. The van der Waals surface area contributed by atoms with Gasteiger partial charge in [0.25, 0.3) is 0 Å². The standard InChI is InChI=1S/C29H48N2O4Si/c1-9-11-19-29(10-2,35-36(7,8)28(3,4)5)20-12-21-30-22-18-26(32)31(30)23-17-24-13-15-25(16-14-24)27(33)34-6/h12-16,20H,9-11,17-19,21-23H2,1-8H3. The molecule has 202 valence electrons. The van der Waals surface area contributed by atoms with Crippen LogP contribution in [0.25, 0.3) is 0 Å². The van der Waals surface area contributed by atoms with Gasteiger partial charge in [-0.1, -0.05) is 71.7 Å². The number of benzene rings is 1. The van der Waals surface area contributed by atoms with Crippen molar-refractivity contribution >= 4 is 20.2 Å². The molecule has 36 heavy (non-hydrogen) atoms. The van der Waals surface area contributed by atoms with Crippen LogP contribution < -0.4 is 0 Å². The number of hydrazine groups is 1. The van der Waals surface area contributed by atoms with E-state index >= 15 is 0 Å². The van der Waals surface area contributed by atoms with Gasteiger partial charge in [-0.25, -0.2) is 9.80 Å². The maximum Gasteiger partial charge on any atom is 0.337 e. The van der Waals surface area contributed by atoms with Crippen LogP contribution in [0.1, 0.15) is 82.6 Å². The molecule has 1 aliphatic rings. The summed E-state index contributed by atoms with van der Waals surface area (Å²) in [5.41, 5.74) is 1.37. The summed E-state index contributed by atoms with van der Waals surface area (Å²) in [6.07, 6.45) is 10.0. The molecule has 0 aliphatic carbocycles. The third-order valence-corrected chi connectivity index (χ3v) is 12.3. The highest BCUT2D eigenvalue weighted by atomic mass is 28.4. The molecule has 1 aromatic carbocycles. The highest BCUT2D eigenvalue weighted by Gasteiger charge is 2.43. The number of carbonyl (C=O) groups is 2. The fourth-order valence-electron chi connectivity index (χ4n) is 4.31. The highest BCUT2D eigenvalue weighted by Crippen LogP contribution is 2.41. The molecule has 1 unspecified atom stereocenters. The van der Waals surface area contributed by atoms with Gasteiger partial charge in [-0.05, 0) is 55.1 Å². The second-order valence-electron chi connectivity index (χ2n) is 11.4. The first-order valence-corrected chi connectivity index (χ1v) is 16.4. The summed E-state index contributed by atoms with van der Waals surface area (Å²) in [5.74, 6) is -0.172. The summed E-state index contributed by atoms with van der Waals surface area (Å²) in [6.45, 7) is 18.0. The summed E-state index contributed by atoms with van der Waals surface area (Å²) in [6, 6.07) is 7.41. The van der Waals surface area contributed by atoms with Crippen molar-refractivity contribution in [2.45, 2.75) is 96.9 Å². The Morgan fingerprint density at radius 3 is 2.36 bits per heavy atom. The monoisotopic (exact) mass is 516 g/mol. The number of amides is 1. The first kappa shape index (κ1) is 30.3. The number of unbranched alkanes of at least 4 members (excludes halogenated alkanes) is 1. The van der Waals surface area contributed by atoms with Gasteiger partial charge in [-0.2, -0.15) is 0 Å². The van der Waals surface area contributed by atoms with Crippen LogP contribution in [-0.2, 0) is 20.4 Å². The zero-order valence-corrected chi connectivity index (χ0v) is 24.9. The molecule has 1 heterocycles. The average Bonchev–Trinajstić information content (AvgIpc) is 3.19. The molecule has 1 saturated heterocycles. The van der Waals surface area contributed by atoms with Gasteiger partial charge in [0.05, 0.1) is 18.3 Å². The maximum atomic E-state index is 12.6. The Balaban J connectivity index is 2.08. The smallest absolute Gasteiger partial charge is 0.337 e. The van der Waals surface area contributed by atoms with Crippen LogP contribution in [0.4, 0.5) is 0 Å². The average molecular weight is 517 g/mol. The van der Waals surface area contributed by atoms with Crippen LogP contribution in [-0.4, -0.2) is 62.6 Å². The third-order valence-electron chi connectivity index (χ3n) is 7.75. The van der Waals surface area contributed by atoms with Crippen LogP contribution in [0.15, 0.2) is 36.4 Å². The fourth-order valence-corrected chi connectivity index (χ4v) is 5.95. The predicted molar refractivity (Wildman–Crippen MR) is 149 cm³/mol. The molecule has 0 spiro atoms. The van der Waals surface area contributed by atoms with Crippen LogP contribution in [0.2, 0.25) is 18.1 Å². The summed E-state index contributed by atoms with van der Waals surface area (Å²) in [4.78, 5) is 24.3. The SMILES string of the molecule is CCCCC(C=CCN1CCC(=O)N1CCc1ccc(C(=O)OC)cc1)(CC)O[Si](C)(C)C(C)(C)C. The normalized spacial score (nSPS) is 17.1. The molecular weight excluding hydrogens is 468 g/mol. The van der Waals surface area contributed by atoms with Crippen molar-refractivity contribution in [3.05, 3.63) is 47.5 Å². The second-order valence-corrected chi connectivity index (χ2v) is 16.1. The lowest BCUT2D eigenvalue weighted by Crippen LogP contribution is -2.49. The minimum Gasteiger partial charge on any atom is -0.465 e. The third kappa shape index (κ3) is 8.02. The Morgan fingerprint density at radius 2 is 1.81 bits per heavy atom. The molecule has 0 aromatic heterocycles. The van der Waals surface area contributed by atoms with Crippen molar-refractivity contribution in [2.24, 2.45) is 0 Å². The number of nitrogens with zero attached hydrogens (tertiary/aromatic N) is 2. The second kappa shape index (κ2) is 13.0. The zero-order valence-electron chi connectivity index (χ0n) is 23.9. The molecule has 1 fully saturated rings. The van der Waals surface area contributed by atoms with Crippen molar-refractivity contribution < 1.29 is 18.8 Å². The van der Waals surface area contributed by atoms with Gasteiger partial charge >= 0.3 is 5.97 Å². The van der Waals surface area contributed by atoms with Gasteiger partial charge in [-0.3, -0.25) is 9.80 Å². The molecule has 1 aliphatic heterocycles. The molecule has 1 aromatic rings. The lowest BCUT2D eigenvalue weighted by Gasteiger charge is -2.44. The Bertz CT molecular complexity index is 892. The summed E-state index contributed by atoms with van der Waals surface area (Å²) < 4.78 is 11.8. The van der Waals surface area contributed by atoms with E-state index in [-0.39, 0.29) is 22.5 Å². The molecule has 2 rings (SSSR count). The quantitative estimate of drug-likeness (QED) is 0.173. The molecule has 7 heteroatoms. The zero-order chi connectivity index (χ0) is 27.0. The van der Waals surface area contributed by atoms with Crippen LogP contribution in [0.5, 0.6) is 0 Å². The Kier molecular flexibility index (Phi) is 10.9. The number of hydrogen-bond donors (Lipinski definition) is 0. The van der Waals surface area contributed by atoms with E-state index in [0.29, 0.717) is 25.1 Å². The van der Waals surface area contributed by atoms with Crippen molar-refractivity contribution in [3.8, 4) is 0 Å². The molecule has 0 radical (unpaired) electrons. The number of carbonyl (C=O) groups excluding carboxylic acids is 2. The Hall–Kier alpha value is -1.96. The summed E-state index contributed by atoms with van der Waals surface area (Å²) in [5, 5.41) is 4.18. The summed E-state index contributed by atoms with van der Waals surface area (Å²) in [7, 11) is -0.558. The molecule has 1 atom stereocenters. The lowest BCUT2D eigenvalue weighted by atomic mass is 9.93. The lowest BCUT2D eigenvalue weighted by molar-refractivity contribution is -0.137. The highest BCUT2D eigenvalue weighted by molar-refractivity contribution is 6.74. The molecule has 1 amide bonds. The van der Waals surface area contributed by atoms with Gasteiger partial charge in [-0.15, -0.1) is 0 Å². The Morgan fingerprint density at radius 1 is 1.14 bits per heavy atom. The van der Waals surface area contributed by atoms with Crippen molar-refractivity contribution in [1.82, 2.24) is 10.0 Å². The van der Waals surface area contributed by atoms with Gasteiger partial charge in [0.2, 0.25) is 5.91 Å². The molecule has 0 N–H and O–H groups in total. The van der Waals surface area contributed by atoms with E-state index in [2.05, 4.69) is 64.9 Å². The summed E-state index contributed by atoms with van der Waals surface area (Å²) >= 11 is 0. The first-order valence-electron chi connectivity index (χ1n) is 13.5. The van der Waals surface area contributed by atoms with Crippen molar-refractivity contribution in [2.75, 3.05) is 26.7 Å². The largest absolute Gasteiger partial charge is 0.465 e. The first-order chi connectivity index (χ1) is 16.9. The minimum atomic E-state index is -1.94. The molecular formula is C29H48N2O4Si. The van der Waals surface area contributed by atoms with Crippen LogP contribution in [0.3, 0.4) is 0 Å². The molecule has 0 saturated carbocycles. The van der Waals surface area contributed by atoms with Crippen LogP contribution >= 0.6 is 0 Å². The fraction of sp³-hybridized carbons (Fsp3) is 0.655. The van der Waals surface area contributed by atoms with E-state index in [0.717, 1.165) is 44.2 Å². The van der Waals surface area contributed by atoms with Gasteiger partial charge in [0.1, 0.15) is 0 Å². The minimum absolute atomic E-state index is 0.153. The van der Waals surface area contributed by atoms with Gasteiger partial charge in [0.15, 0.2) is 8.32 Å². The van der Waals surface area contributed by atoms with E-state index in [1.54, 1.807) is 12.1 Å². The number of ether oxygens (including phenoxy) is 1. The van der Waals surface area contributed by atoms with E-state index in [4.69, 9.17) is 9.16 Å². The number of hydrogen-bond acceptors (Lipinski definition) is 5. The van der Waals surface area contributed by atoms with E-state index in [1.807, 2.05) is 17.1 Å².